The fourth-order valence-corrected chi connectivity index (χ4v) is 1.99. The quantitative estimate of drug-likeness (QED) is 0.827. The Kier molecular flexibility index (Phi) is 3.93. The number of aryl methyl sites for hydroxylation is 2. The molecule has 1 aromatic carbocycles. The summed E-state index contributed by atoms with van der Waals surface area (Å²) >= 11 is 0. The first kappa shape index (κ1) is 14.6. The highest BCUT2D eigenvalue weighted by atomic mass is 16.4. The lowest BCUT2D eigenvalue weighted by molar-refractivity contribution is -0.135. The molecule has 0 radical (unpaired) electrons. The van der Waals surface area contributed by atoms with Crippen molar-refractivity contribution in [3.05, 3.63) is 41.6 Å². The fraction of sp³-hybridized carbons (Fsp3) is 0.214. The lowest BCUT2D eigenvalue weighted by atomic mass is 10.2. The van der Waals surface area contributed by atoms with Crippen molar-refractivity contribution in [2.75, 3.05) is 17.2 Å². The summed E-state index contributed by atoms with van der Waals surface area (Å²) in [5, 5.41) is 9.03. The number of para-hydroxylation sites is 2. The number of nitrogens with zero attached hydrogens (tertiary/aromatic N) is 2. The molecule has 2 rings (SSSR count). The van der Waals surface area contributed by atoms with Gasteiger partial charge in [0.15, 0.2) is 5.89 Å². The third kappa shape index (κ3) is 3.02. The number of benzene rings is 1. The minimum absolute atomic E-state index is 0.0111. The molecule has 1 heterocycles. The number of hydrogen-bond acceptors (Lipinski definition) is 5. The average Bonchev–Trinajstić information content (AvgIpc) is 2.75. The van der Waals surface area contributed by atoms with Crippen molar-refractivity contribution in [1.82, 2.24) is 4.98 Å². The lowest BCUT2D eigenvalue weighted by Crippen LogP contribution is -2.36. The molecular weight excluding hydrogens is 274 g/mol. The van der Waals surface area contributed by atoms with Crippen LogP contribution in [0.1, 0.15) is 22.1 Å². The Labute approximate surface area is 121 Å². The van der Waals surface area contributed by atoms with Crippen molar-refractivity contribution in [3.63, 3.8) is 0 Å². The number of carboxylic acids is 1. The van der Waals surface area contributed by atoms with Gasteiger partial charge in [0.05, 0.1) is 17.1 Å². The van der Waals surface area contributed by atoms with Gasteiger partial charge in [0.1, 0.15) is 6.54 Å². The number of carbonyl (C=O) groups excluding carboxylic acids is 1. The Balaban J connectivity index is 2.46. The molecule has 0 bridgehead atoms. The van der Waals surface area contributed by atoms with Crippen molar-refractivity contribution in [2.24, 2.45) is 0 Å². The van der Waals surface area contributed by atoms with Crippen LogP contribution in [0.3, 0.4) is 0 Å². The van der Waals surface area contributed by atoms with E-state index in [0.29, 0.717) is 23.0 Å². The molecule has 0 fully saturated rings. The molecule has 110 valence electrons. The predicted octanol–water partition coefficient (Wildman–Crippen LogP) is 1.61. The largest absolute Gasteiger partial charge is 0.480 e. The third-order valence-corrected chi connectivity index (χ3v) is 2.86. The maximum Gasteiger partial charge on any atom is 0.323 e. The Morgan fingerprint density at radius 1 is 1.33 bits per heavy atom. The molecule has 2 aromatic rings. The first-order valence-electron chi connectivity index (χ1n) is 6.22. The molecule has 3 N–H and O–H groups in total. The molecule has 0 unspecified atom stereocenters. The molecule has 0 atom stereocenters. The number of nitrogens with two attached hydrogens (primary N) is 1. The molecule has 0 aliphatic carbocycles. The predicted molar refractivity (Wildman–Crippen MR) is 76.1 cm³/mol. The highest BCUT2D eigenvalue weighted by Crippen LogP contribution is 2.25. The Morgan fingerprint density at radius 2 is 2.00 bits per heavy atom. The van der Waals surface area contributed by atoms with Crippen molar-refractivity contribution in [2.45, 2.75) is 13.8 Å². The SMILES string of the molecule is Cc1nc(C)c(C(=O)N(CC(=O)O)c2ccccc2N)o1. The number of aromatic nitrogens is 1. The molecule has 0 aliphatic rings. The number of hydrogen-bond donors (Lipinski definition) is 2. The van der Waals surface area contributed by atoms with Crippen LogP contribution >= 0.6 is 0 Å². The Morgan fingerprint density at radius 3 is 2.52 bits per heavy atom. The van der Waals surface area contributed by atoms with E-state index in [-0.39, 0.29) is 5.76 Å². The highest BCUT2D eigenvalue weighted by molar-refractivity contribution is 6.08. The zero-order valence-corrected chi connectivity index (χ0v) is 11.7. The zero-order valence-electron chi connectivity index (χ0n) is 11.7. The van der Waals surface area contributed by atoms with E-state index in [2.05, 4.69) is 4.98 Å². The number of aliphatic carboxylic acids is 1. The Hall–Kier alpha value is -2.83. The highest BCUT2D eigenvalue weighted by Gasteiger charge is 2.26. The molecule has 0 aliphatic heterocycles. The minimum atomic E-state index is -1.15. The third-order valence-electron chi connectivity index (χ3n) is 2.86. The van der Waals surface area contributed by atoms with E-state index >= 15 is 0 Å². The van der Waals surface area contributed by atoms with Crippen molar-refractivity contribution in [3.8, 4) is 0 Å². The zero-order chi connectivity index (χ0) is 15.6. The van der Waals surface area contributed by atoms with E-state index in [0.717, 1.165) is 4.90 Å². The average molecular weight is 289 g/mol. The van der Waals surface area contributed by atoms with E-state index < -0.39 is 18.4 Å². The van der Waals surface area contributed by atoms with Gasteiger partial charge in [-0.15, -0.1) is 0 Å². The first-order valence-corrected chi connectivity index (χ1v) is 6.22. The molecule has 21 heavy (non-hydrogen) atoms. The number of rotatable bonds is 4. The topological polar surface area (TPSA) is 110 Å². The van der Waals surface area contributed by atoms with Crippen LogP contribution in [-0.4, -0.2) is 28.5 Å². The van der Waals surface area contributed by atoms with Crippen molar-refractivity contribution >= 4 is 23.3 Å². The van der Waals surface area contributed by atoms with Gasteiger partial charge in [-0.25, -0.2) is 4.98 Å². The molecule has 1 amide bonds. The number of carbonyl (C=O) groups is 2. The van der Waals surface area contributed by atoms with Crippen LogP contribution < -0.4 is 10.6 Å². The van der Waals surface area contributed by atoms with Crippen LogP contribution in [0.5, 0.6) is 0 Å². The smallest absolute Gasteiger partial charge is 0.323 e. The standard InChI is InChI=1S/C14H15N3O4/c1-8-13(21-9(2)16-8)14(20)17(7-12(18)19)11-6-4-3-5-10(11)15/h3-6H,7,15H2,1-2H3,(H,18,19). The van der Waals surface area contributed by atoms with Gasteiger partial charge in [0.2, 0.25) is 5.76 Å². The summed E-state index contributed by atoms with van der Waals surface area (Å²) in [5.74, 6) is -1.39. The second-order valence-electron chi connectivity index (χ2n) is 4.49. The first-order chi connectivity index (χ1) is 9.90. The second kappa shape index (κ2) is 5.66. The summed E-state index contributed by atoms with van der Waals surface area (Å²) in [6, 6.07) is 6.54. The van der Waals surface area contributed by atoms with Gasteiger partial charge in [-0.2, -0.15) is 0 Å². The maximum atomic E-state index is 12.5. The molecule has 7 heteroatoms. The normalized spacial score (nSPS) is 10.4. The van der Waals surface area contributed by atoms with Gasteiger partial charge < -0.3 is 15.3 Å². The number of oxazole rings is 1. The van der Waals surface area contributed by atoms with E-state index in [4.69, 9.17) is 15.3 Å². The van der Waals surface area contributed by atoms with Gasteiger partial charge in [-0.3, -0.25) is 14.5 Å². The molecular formula is C14H15N3O4. The van der Waals surface area contributed by atoms with Gasteiger partial charge in [-0.05, 0) is 19.1 Å². The van der Waals surface area contributed by atoms with E-state index in [1.165, 1.54) is 0 Å². The summed E-state index contributed by atoms with van der Waals surface area (Å²) < 4.78 is 5.26. The second-order valence-corrected chi connectivity index (χ2v) is 4.49. The van der Waals surface area contributed by atoms with E-state index in [1.54, 1.807) is 38.1 Å². The number of carboxylic acid groups (broad SMARTS) is 1. The van der Waals surface area contributed by atoms with Crippen LogP contribution in [0.15, 0.2) is 28.7 Å². The summed E-state index contributed by atoms with van der Waals surface area (Å²) in [6.07, 6.45) is 0. The molecule has 1 aromatic heterocycles. The van der Waals surface area contributed by atoms with Gasteiger partial charge >= 0.3 is 5.97 Å². The van der Waals surface area contributed by atoms with Gasteiger partial charge in [-0.1, -0.05) is 12.1 Å². The maximum absolute atomic E-state index is 12.5. The number of amides is 1. The monoisotopic (exact) mass is 289 g/mol. The van der Waals surface area contributed by atoms with Gasteiger partial charge in [0, 0.05) is 6.92 Å². The summed E-state index contributed by atoms with van der Waals surface area (Å²) in [6.45, 7) is 2.71. The van der Waals surface area contributed by atoms with Crippen molar-refractivity contribution in [1.29, 1.82) is 0 Å². The number of nitrogen functional groups attached to an aromatic ring is 1. The Bertz CT molecular complexity index is 693. The van der Waals surface area contributed by atoms with Crippen LogP contribution in [0.4, 0.5) is 11.4 Å². The summed E-state index contributed by atoms with van der Waals surface area (Å²) in [4.78, 5) is 28.7. The van der Waals surface area contributed by atoms with E-state index in [9.17, 15) is 9.59 Å². The molecule has 0 saturated carbocycles. The molecule has 0 spiro atoms. The lowest BCUT2D eigenvalue weighted by Gasteiger charge is -2.21. The molecule has 7 nitrogen and oxygen atoms in total. The summed E-state index contributed by atoms with van der Waals surface area (Å²) in [5.41, 5.74) is 6.85. The van der Waals surface area contributed by atoms with Crippen LogP contribution in [0, 0.1) is 13.8 Å². The van der Waals surface area contributed by atoms with Crippen molar-refractivity contribution < 1.29 is 19.1 Å². The van der Waals surface area contributed by atoms with Crippen LogP contribution in [-0.2, 0) is 4.79 Å². The fourth-order valence-electron chi connectivity index (χ4n) is 1.99. The van der Waals surface area contributed by atoms with Crippen LogP contribution in [0.25, 0.3) is 0 Å². The summed E-state index contributed by atoms with van der Waals surface area (Å²) in [7, 11) is 0. The van der Waals surface area contributed by atoms with E-state index in [1.807, 2.05) is 0 Å². The van der Waals surface area contributed by atoms with Gasteiger partial charge in [0.25, 0.3) is 5.91 Å². The minimum Gasteiger partial charge on any atom is -0.480 e. The number of anilines is 2. The van der Waals surface area contributed by atoms with Crippen LogP contribution in [0.2, 0.25) is 0 Å². The molecule has 0 saturated heterocycles.